The van der Waals surface area contributed by atoms with Crippen LogP contribution in [0.25, 0.3) is 0 Å². The Bertz CT molecular complexity index is 759. The normalized spacial score (nSPS) is 11.8. The number of carboxylic acid groups (broad SMARTS) is 1. The third kappa shape index (κ3) is 5.50. The topological polar surface area (TPSA) is 105 Å². The summed E-state index contributed by atoms with van der Waals surface area (Å²) in [4.78, 5) is 30.2. The lowest BCUT2D eigenvalue weighted by Gasteiger charge is -2.12. The third-order valence-electron chi connectivity index (χ3n) is 2.72. The number of carbonyl (C=O) groups is 2. The van der Waals surface area contributed by atoms with E-state index in [1.165, 1.54) is 23.1 Å². The smallest absolute Gasteiger partial charge is 0.328 e. The van der Waals surface area contributed by atoms with Gasteiger partial charge in [0.15, 0.2) is 5.13 Å². The summed E-state index contributed by atoms with van der Waals surface area (Å²) in [6.45, 7) is 6.17. The van der Waals surface area contributed by atoms with Crippen molar-refractivity contribution in [2.45, 2.75) is 36.1 Å². The molecule has 0 fully saturated rings. The van der Waals surface area contributed by atoms with E-state index in [1.807, 2.05) is 0 Å². The van der Waals surface area contributed by atoms with Crippen LogP contribution in [0.5, 0.6) is 0 Å². The number of thiazole rings is 1. The molecule has 7 nitrogen and oxygen atoms in total. The lowest BCUT2D eigenvalue weighted by atomic mass is 9.94. The molecule has 2 aromatic rings. The highest BCUT2D eigenvalue weighted by Gasteiger charge is 2.19. The van der Waals surface area contributed by atoms with Gasteiger partial charge in [0.05, 0.1) is 22.4 Å². The van der Waals surface area contributed by atoms with Crippen LogP contribution in [0.4, 0.5) is 5.13 Å². The van der Waals surface area contributed by atoms with Crippen LogP contribution in [0.1, 0.15) is 32.4 Å². The molecule has 0 saturated heterocycles. The number of anilines is 1. The van der Waals surface area contributed by atoms with Crippen molar-refractivity contribution in [3.8, 4) is 0 Å². The summed E-state index contributed by atoms with van der Waals surface area (Å²) in [5.74, 6) is 0.311. The number of thioether (sulfide) groups is 1. The van der Waals surface area contributed by atoms with Crippen LogP contribution in [0.2, 0.25) is 0 Å². The predicted octanol–water partition coefficient (Wildman–Crippen LogP) is 3.30. The lowest BCUT2D eigenvalue weighted by molar-refractivity contribution is -0.131. The van der Waals surface area contributed by atoms with Crippen molar-refractivity contribution < 1.29 is 19.1 Å². The van der Waals surface area contributed by atoms with E-state index in [9.17, 15) is 9.59 Å². The highest BCUT2D eigenvalue weighted by atomic mass is 32.2. The van der Waals surface area contributed by atoms with Gasteiger partial charge in [-0.3, -0.25) is 10.1 Å². The van der Waals surface area contributed by atoms with E-state index >= 15 is 0 Å². The molecule has 0 unspecified atom stereocenters. The number of aromatic nitrogens is 2. The van der Waals surface area contributed by atoms with Gasteiger partial charge in [0.2, 0.25) is 11.8 Å². The molecule has 0 aliphatic rings. The first kappa shape index (κ1) is 18.2. The SMILES string of the molecule is CC(C)(C)c1cnc(CSc2cnc(NC(=O)C=CC(=O)O)s2)o1. The maximum absolute atomic E-state index is 11.5. The monoisotopic (exact) mass is 367 g/mol. The fraction of sp³-hybridized carbons (Fsp3) is 0.333. The van der Waals surface area contributed by atoms with E-state index in [-0.39, 0.29) is 5.41 Å². The average molecular weight is 367 g/mol. The van der Waals surface area contributed by atoms with Gasteiger partial charge in [-0.1, -0.05) is 32.1 Å². The summed E-state index contributed by atoms with van der Waals surface area (Å²) in [5, 5.41) is 11.4. The van der Waals surface area contributed by atoms with E-state index in [0.29, 0.717) is 16.8 Å². The van der Waals surface area contributed by atoms with Gasteiger partial charge in [-0.15, -0.1) is 11.8 Å². The van der Waals surface area contributed by atoms with Crippen molar-refractivity contribution in [2.24, 2.45) is 0 Å². The Morgan fingerprint density at radius 3 is 2.71 bits per heavy atom. The summed E-state index contributed by atoms with van der Waals surface area (Å²) >= 11 is 2.80. The molecule has 2 aromatic heterocycles. The maximum Gasteiger partial charge on any atom is 0.328 e. The second-order valence-electron chi connectivity index (χ2n) is 5.80. The molecule has 1 amide bonds. The van der Waals surface area contributed by atoms with Crippen molar-refractivity contribution in [3.63, 3.8) is 0 Å². The fourth-order valence-electron chi connectivity index (χ4n) is 1.53. The van der Waals surface area contributed by atoms with Crippen LogP contribution in [0, 0.1) is 0 Å². The quantitative estimate of drug-likeness (QED) is 0.596. The molecule has 0 bridgehead atoms. The number of hydrogen-bond donors (Lipinski definition) is 2. The molecule has 128 valence electrons. The molecule has 0 aliphatic carbocycles. The van der Waals surface area contributed by atoms with E-state index in [0.717, 1.165) is 22.1 Å². The van der Waals surface area contributed by atoms with Crippen molar-refractivity contribution in [1.29, 1.82) is 0 Å². The van der Waals surface area contributed by atoms with Crippen LogP contribution in [0.15, 0.2) is 33.2 Å². The number of aliphatic carboxylic acids is 1. The summed E-state index contributed by atoms with van der Waals surface area (Å²) in [5.41, 5.74) is -0.0820. The van der Waals surface area contributed by atoms with E-state index in [4.69, 9.17) is 9.52 Å². The minimum Gasteiger partial charge on any atom is -0.478 e. The van der Waals surface area contributed by atoms with Gasteiger partial charge >= 0.3 is 5.97 Å². The van der Waals surface area contributed by atoms with Crippen LogP contribution in [0.3, 0.4) is 0 Å². The Morgan fingerprint density at radius 2 is 2.08 bits per heavy atom. The van der Waals surface area contributed by atoms with Crippen molar-refractivity contribution >= 4 is 40.1 Å². The molecule has 0 atom stereocenters. The van der Waals surface area contributed by atoms with Crippen molar-refractivity contribution in [1.82, 2.24) is 9.97 Å². The third-order valence-corrected chi connectivity index (χ3v) is 4.81. The highest BCUT2D eigenvalue weighted by Crippen LogP contribution is 2.31. The first-order valence-corrected chi connectivity index (χ1v) is 8.80. The highest BCUT2D eigenvalue weighted by molar-refractivity contribution is 8.00. The molecule has 0 radical (unpaired) electrons. The molecule has 0 spiro atoms. The number of hydrogen-bond acceptors (Lipinski definition) is 7. The zero-order valence-corrected chi connectivity index (χ0v) is 15.0. The molecular formula is C15H17N3O4S2. The summed E-state index contributed by atoms with van der Waals surface area (Å²) in [6, 6.07) is 0. The molecule has 9 heteroatoms. The fourth-order valence-corrected chi connectivity index (χ4v) is 3.26. The molecule has 0 saturated carbocycles. The van der Waals surface area contributed by atoms with Crippen LogP contribution < -0.4 is 5.32 Å². The molecule has 24 heavy (non-hydrogen) atoms. The second kappa shape index (κ2) is 7.63. The molecule has 2 heterocycles. The van der Waals surface area contributed by atoms with Gasteiger partial charge in [-0.2, -0.15) is 0 Å². The average Bonchev–Trinajstić information content (AvgIpc) is 3.11. The summed E-state index contributed by atoms with van der Waals surface area (Å²) in [6.07, 6.45) is 5.09. The number of oxazole rings is 1. The lowest BCUT2D eigenvalue weighted by Crippen LogP contribution is -2.09. The zero-order chi connectivity index (χ0) is 17.7. The van der Waals surface area contributed by atoms with Gasteiger partial charge < -0.3 is 9.52 Å². The van der Waals surface area contributed by atoms with Crippen molar-refractivity contribution in [3.05, 3.63) is 36.2 Å². The number of carbonyl (C=O) groups excluding carboxylic acids is 1. The Morgan fingerprint density at radius 1 is 1.33 bits per heavy atom. The standard InChI is InChI=1S/C15H17N3O4S2/c1-15(2,3)9-6-16-11(22-9)8-23-13-7-17-14(24-13)18-10(19)4-5-12(20)21/h4-7H,8H2,1-3H3,(H,20,21)(H,17,18,19). The largest absolute Gasteiger partial charge is 0.478 e. The van der Waals surface area contributed by atoms with Gasteiger partial charge in [0, 0.05) is 17.6 Å². The van der Waals surface area contributed by atoms with Crippen LogP contribution in [-0.2, 0) is 20.8 Å². The zero-order valence-electron chi connectivity index (χ0n) is 13.4. The van der Waals surface area contributed by atoms with Crippen LogP contribution in [-0.4, -0.2) is 27.0 Å². The number of carboxylic acids is 1. The van der Waals surface area contributed by atoms with E-state index in [2.05, 4.69) is 36.1 Å². The first-order chi connectivity index (χ1) is 11.2. The van der Waals surface area contributed by atoms with Gasteiger partial charge in [-0.05, 0) is 0 Å². The Hall–Kier alpha value is -2.13. The molecule has 0 aliphatic heterocycles. The number of amides is 1. The minimum absolute atomic E-state index is 0.0820. The second-order valence-corrected chi connectivity index (χ2v) is 8.11. The predicted molar refractivity (Wildman–Crippen MR) is 92.3 cm³/mol. The van der Waals surface area contributed by atoms with Crippen LogP contribution >= 0.6 is 23.1 Å². The molecule has 0 aromatic carbocycles. The Kier molecular flexibility index (Phi) is 5.79. The van der Waals surface area contributed by atoms with Gasteiger partial charge in [0.25, 0.3) is 0 Å². The summed E-state index contributed by atoms with van der Waals surface area (Å²) in [7, 11) is 0. The minimum atomic E-state index is -1.18. The molecule has 2 rings (SSSR count). The molecule has 2 N–H and O–H groups in total. The Labute approximate surface area is 147 Å². The van der Waals surface area contributed by atoms with E-state index in [1.54, 1.807) is 12.4 Å². The van der Waals surface area contributed by atoms with Crippen molar-refractivity contribution in [2.75, 3.05) is 5.32 Å². The summed E-state index contributed by atoms with van der Waals surface area (Å²) < 4.78 is 6.61. The van der Waals surface area contributed by atoms with Gasteiger partial charge in [-0.25, -0.2) is 14.8 Å². The number of rotatable bonds is 6. The Balaban J connectivity index is 1.89. The van der Waals surface area contributed by atoms with Gasteiger partial charge in [0.1, 0.15) is 5.76 Å². The number of nitrogens with one attached hydrogen (secondary N) is 1. The molecular weight excluding hydrogens is 350 g/mol. The first-order valence-electron chi connectivity index (χ1n) is 7.00. The number of nitrogens with zero attached hydrogens (tertiary/aromatic N) is 2. The van der Waals surface area contributed by atoms with E-state index < -0.39 is 11.9 Å². The maximum atomic E-state index is 11.5.